The Morgan fingerprint density at radius 2 is 2.41 bits per heavy atom. The van der Waals surface area contributed by atoms with Gasteiger partial charge in [0.15, 0.2) is 0 Å². The van der Waals surface area contributed by atoms with E-state index >= 15 is 0 Å². The lowest BCUT2D eigenvalue weighted by Gasteiger charge is -2.35. The van der Waals surface area contributed by atoms with Crippen molar-refractivity contribution >= 4 is 17.7 Å². The number of rotatable bonds is 3. The van der Waals surface area contributed by atoms with Crippen molar-refractivity contribution in [3.8, 4) is 0 Å². The molecular weight excluding hydrogens is 236 g/mol. The van der Waals surface area contributed by atoms with Gasteiger partial charge in [-0.3, -0.25) is 4.79 Å². The van der Waals surface area contributed by atoms with E-state index in [1.165, 1.54) is 12.8 Å². The van der Waals surface area contributed by atoms with Crippen molar-refractivity contribution in [2.75, 3.05) is 39.0 Å². The fourth-order valence-corrected chi connectivity index (χ4v) is 3.69. The number of carbonyl (C=O) groups excluding carboxylic acids is 1. The molecule has 0 aromatic rings. The Kier molecular flexibility index (Phi) is 5.13. The normalized spacial score (nSPS) is 30.3. The van der Waals surface area contributed by atoms with Crippen molar-refractivity contribution in [3.05, 3.63) is 0 Å². The van der Waals surface area contributed by atoms with Gasteiger partial charge in [-0.15, -0.1) is 11.8 Å². The molecule has 17 heavy (non-hydrogen) atoms. The summed E-state index contributed by atoms with van der Waals surface area (Å²) in [6.07, 6.45) is 3.68. The fraction of sp³-hybridized carbons (Fsp3) is 0.917. The first-order valence-corrected chi connectivity index (χ1v) is 7.52. The number of ether oxygens (including phenoxy) is 1. The van der Waals surface area contributed by atoms with E-state index in [9.17, 15) is 4.79 Å². The highest BCUT2D eigenvalue weighted by atomic mass is 32.2. The molecule has 2 heterocycles. The summed E-state index contributed by atoms with van der Waals surface area (Å²) >= 11 is 1.83. The number of amides is 1. The summed E-state index contributed by atoms with van der Waals surface area (Å²) in [6.45, 7) is 3.00. The van der Waals surface area contributed by atoms with Crippen LogP contribution in [0.1, 0.15) is 19.3 Å². The Morgan fingerprint density at radius 1 is 1.53 bits per heavy atom. The van der Waals surface area contributed by atoms with Gasteiger partial charge in [0.1, 0.15) is 0 Å². The molecule has 2 saturated heterocycles. The molecule has 0 bridgehead atoms. The van der Waals surface area contributed by atoms with Crippen LogP contribution in [0, 0.1) is 0 Å². The predicted molar refractivity (Wildman–Crippen MR) is 70.3 cm³/mol. The molecule has 0 aromatic carbocycles. The molecule has 1 amide bonds. The molecule has 1 N–H and O–H groups in total. The van der Waals surface area contributed by atoms with Gasteiger partial charge in [-0.2, -0.15) is 0 Å². The minimum atomic E-state index is 0.159. The van der Waals surface area contributed by atoms with Gasteiger partial charge in [0.2, 0.25) is 5.91 Å². The molecule has 98 valence electrons. The van der Waals surface area contributed by atoms with Crippen LogP contribution >= 0.6 is 11.8 Å². The fourth-order valence-electron chi connectivity index (χ4n) is 2.41. The molecule has 2 aliphatic rings. The molecule has 2 rings (SSSR count). The SMILES string of the molecule is CNCC1CN(C(=O)C2CCCCS2)CCO1. The van der Waals surface area contributed by atoms with E-state index in [2.05, 4.69) is 5.32 Å². The maximum atomic E-state index is 12.3. The molecule has 0 aliphatic carbocycles. The van der Waals surface area contributed by atoms with Gasteiger partial charge in [-0.25, -0.2) is 0 Å². The average Bonchev–Trinajstić information content (AvgIpc) is 2.40. The number of nitrogens with zero attached hydrogens (tertiary/aromatic N) is 1. The minimum absolute atomic E-state index is 0.159. The summed E-state index contributed by atoms with van der Waals surface area (Å²) in [4.78, 5) is 14.3. The number of thioether (sulfide) groups is 1. The Labute approximate surface area is 107 Å². The van der Waals surface area contributed by atoms with Crippen molar-refractivity contribution in [2.24, 2.45) is 0 Å². The first-order valence-electron chi connectivity index (χ1n) is 6.48. The molecular formula is C12H22N2O2S. The van der Waals surface area contributed by atoms with Crippen molar-refractivity contribution in [3.63, 3.8) is 0 Å². The summed E-state index contributed by atoms with van der Waals surface area (Å²) < 4.78 is 5.62. The number of likely N-dealkylation sites (N-methyl/N-ethyl adjacent to an activating group) is 1. The molecule has 2 atom stereocenters. The van der Waals surface area contributed by atoms with Crippen molar-refractivity contribution in [1.29, 1.82) is 0 Å². The molecule has 2 aliphatic heterocycles. The van der Waals surface area contributed by atoms with E-state index in [0.717, 1.165) is 31.8 Å². The molecule has 2 fully saturated rings. The van der Waals surface area contributed by atoms with Crippen LogP contribution in [-0.2, 0) is 9.53 Å². The van der Waals surface area contributed by atoms with Crippen molar-refractivity contribution in [1.82, 2.24) is 10.2 Å². The maximum absolute atomic E-state index is 12.3. The van der Waals surface area contributed by atoms with Gasteiger partial charge >= 0.3 is 0 Å². The zero-order valence-electron chi connectivity index (χ0n) is 10.5. The van der Waals surface area contributed by atoms with Crippen LogP contribution in [0.3, 0.4) is 0 Å². The Bertz CT molecular complexity index is 255. The smallest absolute Gasteiger partial charge is 0.235 e. The third-order valence-electron chi connectivity index (χ3n) is 3.34. The molecule has 0 spiro atoms. The Balaban J connectivity index is 1.85. The van der Waals surface area contributed by atoms with E-state index < -0.39 is 0 Å². The van der Waals surface area contributed by atoms with Gasteiger partial charge in [0.05, 0.1) is 18.0 Å². The quantitative estimate of drug-likeness (QED) is 0.810. The van der Waals surface area contributed by atoms with E-state index in [1.807, 2.05) is 23.7 Å². The van der Waals surface area contributed by atoms with Gasteiger partial charge in [0, 0.05) is 19.6 Å². The summed E-state index contributed by atoms with van der Waals surface area (Å²) in [5, 5.41) is 3.31. The number of hydrogen-bond acceptors (Lipinski definition) is 4. The monoisotopic (exact) mass is 258 g/mol. The van der Waals surface area contributed by atoms with Crippen LogP contribution in [-0.4, -0.2) is 61.2 Å². The van der Waals surface area contributed by atoms with Crippen LogP contribution in [0.2, 0.25) is 0 Å². The van der Waals surface area contributed by atoms with Gasteiger partial charge in [0.25, 0.3) is 0 Å². The highest BCUT2D eigenvalue weighted by Crippen LogP contribution is 2.27. The third-order valence-corrected chi connectivity index (χ3v) is 4.70. The molecule has 0 saturated carbocycles. The van der Waals surface area contributed by atoms with Crippen LogP contribution in [0.25, 0.3) is 0 Å². The molecule has 2 unspecified atom stereocenters. The van der Waals surface area contributed by atoms with Crippen molar-refractivity contribution in [2.45, 2.75) is 30.6 Å². The number of nitrogens with one attached hydrogen (secondary N) is 1. The lowest BCUT2D eigenvalue weighted by atomic mass is 10.1. The topological polar surface area (TPSA) is 41.6 Å². The second-order valence-corrected chi connectivity index (χ2v) is 6.00. The first-order chi connectivity index (χ1) is 8.31. The largest absolute Gasteiger partial charge is 0.373 e. The molecule has 5 heteroatoms. The van der Waals surface area contributed by atoms with Crippen LogP contribution < -0.4 is 5.32 Å². The first kappa shape index (κ1) is 13.2. The Morgan fingerprint density at radius 3 is 3.12 bits per heavy atom. The summed E-state index contributed by atoms with van der Waals surface area (Å²) in [5.74, 6) is 1.47. The standard InChI is InChI=1S/C12H22N2O2S/c1-13-8-10-9-14(5-6-16-10)12(15)11-4-2-3-7-17-11/h10-11,13H,2-9H2,1H3. The maximum Gasteiger partial charge on any atom is 0.235 e. The van der Waals surface area contributed by atoms with E-state index in [0.29, 0.717) is 12.5 Å². The molecule has 0 aromatic heterocycles. The van der Waals surface area contributed by atoms with E-state index in [-0.39, 0.29) is 11.4 Å². The minimum Gasteiger partial charge on any atom is -0.373 e. The number of carbonyl (C=O) groups is 1. The van der Waals surface area contributed by atoms with Gasteiger partial charge in [-0.1, -0.05) is 6.42 Å². The van der Waals surface area contributed by atoms with Crippen LogP contribution in [0.15, 0.2) is 0 Å². The van der Waals surface area contributed by atoms with E-state index in [4.69, 9.17) is 4.74 Å². The van der Waals surface area contributed by atoms with Gasteiger partial charge < -0.3 is 15.0 Å². The Hall–Kier alpha value is -0.260. The van der Waals surface area contributed by atoms with E-state index in [1.54, 1.807) is 0 Å². The lowest BCUT2D eigenvalue weighted by molar-refractivity contribution is -0.138. The second-order valence-electron chi connectivity index (χ2n) is 4.69. The molecule has 4 nitrogen and oxygen atoms in total. The molecule has 0 radical (unpaired) electrons. The van der Waals surface area contributed by atoms with Gasteiger partial charge in [-0.05, 0) is 25.6 Å². The summed E-state index contributed by atoms with van der Waals surface area (Å²) in [5.41, 5.74) is 0. The number of morpholine rings is 1. The number of hydrogen-bond donors (Lipinski definition) is 1. The van der Waals surface area contributed by atoms with Crippen LogP contribution in [0.5, 0.6) is 0 Å². The second kappa shape index (κ2) is 6.61. The highest BCUT2D eigenvalue weighted by Gasteiger charge is 2.30. The summed E-state index contributed by atoms with van der Waals surface area (Å²) in [7, 11) is 1.92. The predicted octanol–water partition coefficient (Wildman–Crippen LogP) is 0.719. The lowest BCUT2D eigenvalue weighted by Crippen LogP contribution is -2.51. The van der Waals surface area contributed by atoms with Crippen molar-refractivity contribution < 1.29 is 9.53 Å². The summed E-state index contributed by atoms with van der Waals surface area (Å²) in [6, 6.07) is 0. The van der Waals surface area contributed by atoms with Crippen LogP contribution in [0.4, 0.5) is 0 Å². The third kappa shape index (κ3) is 3.60. The zero-order valence-corrected chi connectivity index (χ0v) is 11.3. The highest BCUT2D eigenvalue weighted by molar-refractivity contribution is 8.00. The zero-order chi connectivity index (χ0) is 12.1. The average molecular weight is 258 g/mol.